The van der Waals surface area contributed by atoms with Crippen LogP contribution in [0.5, 0.6) is 5.75 Å². The first-order chi connectivity index (χ1) is 14.9. The summed E-state index contributed by atoms with van der Waals surface area (Å²) in [5.41, 5.74) is 0.202. The molecule has 2 aromatic carbocycles. The monoisotopic (exact) mass is 483 g/mol. The third-order valence-corrected chi connectivity index (χ3v) is 5.12. The molecule has 0 aliphatic heterocycles. The maximum Gasteiger partial charge on any atom is 0.416 e. The predicted molar refractivity (Wildman–Crippen MR) is 110 cm³/mol. The molecular weight excluding hydrogens is 460 g/mol. The Kier molecular flexibility index (Phi) is 9.24. The van der Waals surface area contributed by atoms with Gasteiger partial charge in [-0.2, -0.15) is 26.3 Å². The van der Waals surface area contributed by atoms with Gasteiger partial charge in [0.25, 0.3) is 0 Å². The number of benzene rings is 2. The molecule has 0 spiro atoms. The molecule has 0 fully saturated rings. The lowest BCUT2D eigenvalue weighted by Gasteiger charge is -2.26. The lowest BCUT2D eigenvalue weighted by Crippen LogP contribution is -2.41. The number of hydrogen-bond acceptors (Lipinski definition) is 3. The van der Waals surface area contributed by atoms with E-state index in [2.05, 4.69) is 0 Å². The van der Waals surface area contributed by atoms with Crippen molar-refractivity contribution in [3.8, 4) is 5.75 Å². The standard InChI is InChI=1S/C22H24ClF6NO2/c1-2-16-12-18(7-8-19(16)23)32-10-4-9-30(14-20(31)22(27,28)29)13-15-5-3-6-17(11-15)21(24,25)26/h3,5-8,11-12,20,31H,2,4,9-10,13-14H2,1H3. The zero-order valence-electron chi connectivity index (χ0n) is 17.3. The van der Waals surface area contributed by atoms with Crippen LogP contribution in [0.4, 0.5) is 26.3 Å². The highest BCUT2D eigenvalue weighted by atomic mass is 35.5. The van der Waals surface area contributed by atoms with Crippen LogP contribution in [-0.2, 0) is 19.1 Å². The normalized spacial score (nSPS) is 13.4. The molecule has 0 aliphatic carbocycles. The molecule has 0 aliphatic rings. The van der Waals surface area contributed by atoms with E-state index in [1.807, 2.05) is 6.92 Å². The average molecular weight is 484 g/mol. The third-order valence-electron chi connectivity index (χ3n) is 4.75. The molecule has 1 atom stereocenters. The smallest absolute Gasteiger partial charge is 0.416 e. The number of aliphatic hydroxyl groups is 1. The van der Waals surface area contributed by atoms with Crippen molar-refractivity contribution in [2.24, 2.45) is 0 Å². The van der Waals surface area contributed by atoms with Crippen LogP contribution in [0.2, 0.25) is 5.02 Å². The van der Waals surface area contributed by atoms with Crippen LogP contribution >= 0.6 is 11.6 Å². The Morgan fingerprint density at radius 2 is 1.78 bits per heavy atom. The highest BCUT2D eigenvalue weighted by Gasteiger charge is 2.39. The van der Waals surface area contributed by atoms with Crippen LogP contribution in [0.15, 0.2) is 42.5 Å². The Bertz CT molecular complexity index is 872. The van der Waals surface area contributed by atoms with Crippen molar-refractivity contribution in [3.63, 3.8) is 0 Å². The van der Waals surface area contributed by atoms with Gasteiger partial charge in [-0.25, -0.2) is 0 Å². The topological polar surface area (TPSA) is 32.7 Å². The summed E-state index contributed by atoms with van der Waals surface area (Å²) in [6, 6.07) is 9.53. The Labute approximate surface area is 187 Å². The Balaban J connectivity index is 2.02. The van der Waals surface area contributed by atoms with Gasteiger partial charge in [-0.1, -0.05) is 36.7 Å². The largest absolute Gasteiger partial charge is 0.494 e. The van der Waals surface area contributed by atoms with Crippen molar-refractivity contribution in [1.82, 2.24) is 4.90 Å². The van der Waals surface area contributed by atoms with Gasteiger partial charge in [0.2, 0.25) is 0 Å². The maximum atomic E-state index is 12.9. The Morgan fingerprint density at radius 1 is 1.06 bits per heavy atom. The summed E-state index contributed by atoms with van der Waals surface area (Å²) < 4.78 is 82.9. The minimum Gasteiger partial charge on any atom is -0.494 e. The van der Waals surface area contributed by atoms with Gasteiger partial charge in [0.05, 0.1) is 12.2 Å². The fourth-order valence-corrected chi connectivity index (χ4v) is 3.33. The molecule has 2 rings (SSSR count). The van der Waals surface area contributed by atoms with Gasteiger partial charge in [0.15, 0.2) is 6.10 Å². The summed E-state index contributed by atoms with van der Waals surface area (Å²) in [5, 5.41) is 10.1. The van der Waals surface area contributed by atoms with Crippen molar-refractivity contribution >= 4 is 11.6 Å². The molecule has 0 saturated heterocycles. The van der Waals surface area contributed by atoms with Crippen molar-refractivity contribution in [1.29, 1.82) is 0 Å². The highest BCUT2D eigenvalue weighted by molar-refractivity contribution is 6.31. The molecule has 0 bridgehead atoms. The summed E-state index contributed by atoms with van der Waals surface area (Å²) in [5.74, 6) is 0.561. The van der Waals surface area contributed by atoms with E-state index in [1.165, 1.54) is 17.0 Å². The van der Waals surface area contributed by atoms with E-state index >= 15 is 0 Å². The number of hydrogen-bond donors (Lipinski definition) is 1. The summed E-state index contributed by atoms with van der Waals surface area (Å²) >= 11 is 6.05. The van der Waals surface area contributed by atoms with Crippen molar-refractivity contribution in [2.45, 2.75) is 44.8 Å². The Hall–Kier alpha value is -1.97. The zero-order chi connectivity index (χ0) is 23.9. The first-order valence-electron chi connectivity index (χ1n) is 9.94. The quantitative estimate of drug-likeness (QED) is 0.326. The SMILES string of the molecule is CCc1cc(OCCCN(Cc2cccc(C(F)(F)F)c2)CC(O)C(F)(F)F)ccc1Cl. The summed E-state index contributed by atoms with van der Waals surface area (Å²) in [6.45, 7) is 1.24. The molecule has 3 nitrogen and oxygen atoms in total. The second kappa shape index (κ2) is 11.2. The fraction of sp³-hybridized carbons (Fsp3) is 0.455. The van der Waals surface area contributed by atoms with Crippen LogP contribution in [0.1, 0.15) is 30.0 Å². The van der Waals surface area contributed by atoms with Crippen LogP contribution in [0, 0.1) is 0 Å². The van der Waals surface area contributed by atoms with Crippen LogP contribution in [0.3, 0.4) is 0 Å². The minimum absolute atomic E-state index is 0.0810. The van der Waals surface area contributed by atoms with Gasteiger partial charge < -0.3 is 9.84 Å². The predicted octanol–water partition coefficient (Wildman–Crippen LogP) is 6.12. The molecule has 0 amide bonds. The lowest BCUT2D eigenvalue weighted by atomic mass is 10.1. The summed E-state index contributed by atoms with van der Waals surface area (Å²) in [7, 11) is 0. The van der Waals surface area contributed by atoms with Gasteiger partial charge in [-0.15, -0.1) is 0 Å². The number of nitrogens with zero attached hydrogens (tertiary/aromatic N) is 1. The molecule has 32 heavy (non-hydrogen) atoms. The van der Waals surface area contributed by atoms with E-state index in [9.17, 15) is 31.4 Å². The molecule has 0 aromatic heterocycles. The number of alkyl halides is 6. The van der Waals surface area contributed by atoms with Gasteiger partial charge in [-0.05, 0) is 48.2 Å². The van der Waals surface area contributed by atoms with Gasteiger partial charge in [-0.3, -0.25) is 4.90 Å². The van der Waals surface area contributed by atoms with E-state index in [-0.39, 0.29) is 25.3 Å². The molecule has 1 N–H and O–H groups in total. The average Bonchev–Trinajstić information content (AvgIpc) is 2.71. The molecular formula is C22H24ClF6NO2. The van der Waals surface area contributed by atoms with Crippen molar-refractivity contribution in [3.05, 3.63) is 64.2 Å². The van der Waals surface area contributed by atoms with E-state index in [4.69, 9.17) is 16.3 Å². The lowest BCUT2D eigenvalue weighted by molar-refractivity contribution is -0.208. The minimum atomic E-state index is -4.83. The second-order valence-corrected chi connectivity index (χ2v) is 7.71. The van der Waals surface area contributed by atoms with E-state index < -0.39 is 30.6 Å². The van der Waals surface area contributed by atoms with Gasteiger partial charge >= 0.3 is 12.4 Å². The number of aryl methyl sites for hydroxylation is 1. The van der Waals surface area contributed by atoms with Crippen LogP contribution in [-0.4, -0.2) is 42.0 Å². The number of aliphatic hydroxyl groups excluding tert-OH is 1. The van der Waals surface area contributed by atoms with Gasteiger partial charge in [0.1, 0.15) is 5.75 Å². The van der Waals surface area contributed by atoms with Crippen molar-refractivity contribution < 1.29 is 36.2 Å². The van der Waals surface area contributed by atoms with Crippen molar-refractivity contribution in [2.75, 3.05) is 19.7 Å². The number of halogens is 7. The van der Waals surface area contributed by atoms with Crippen LogP contribution < -0.4 is 4.74 Å². The third kappa shape index (κ3) is 8.18. The number of ether oxygens (including phenoxy) is 1. The van der Waals surface area contributed by atoms with E-state index in [1.54, 1.807) is 18.2 Å². The Morgan fingerprint density at radius 3 is 2.41 bits per heavy atom. The maximum absolute atomic E-state index is 12.9. The first kappa shape index (κ1) is 26.3. The number of rotatable bonds is 10. The first-order valence-corrected chi connectivity index (χ1v) is 10.3. The highest BCUT2D eigenvalue weighted by Crippen LogP contribution is 2.30. The van der Waals surface area contributed by atoms with E-state index in [0.29, 0.717) is 23.6 Å². The molecule has 0 radical (unpaired) electrons. The molecule has 1 unspecified atom stereocenters. The zero-order valence-corrected chi connectivity index (χ0v) is 18.1. The van der Waals surface area contributed by atoms with E-state index in [0.717, 1.165) is 17.7 Å². The summed E-state index contributed by atoms with van der Waals surface area (Å²) in [6.07, 6.45) is -11.0. The fourth-order valence-electron chi connectivity index (χ4n) is 3.08. The second-order valence-electron chi connectivity index (χ2n) is 7.30. The molecule has 0 saturated carbocycles. The molecule has 10 heteroatoms. The van der Waals surface area contributed by atoms with Gasteiger partial charge in [0, 0.05) is 24.7 Å². The summed E-state index contributed by atoms with van der Waals surface area (Å²) in [4.78, 5) is 1.26. The molecule has 178 valence electrons. The molecule has 0 heterocycles. The molecule has 2 aromatic rings. The van der Waals surface area contributed by atoms with Crippen LogP contribution in [0.25, 0.3) is 0 Å².